The van der Waals surface area contributed by atoms with E-state index in [-0.39, 0.29) is 0 Å². The zero-order valence-corrected chi connectivity index (χ0v) is 13.2. The number of nitriles is 1. The average molecular weight is 304 g/mol. The first-order chi connectivity index (χ1) is 10.2. The molecule has 4 heteroatoms. The fourth-order valence-corrected chi connectivity index (χ4v) is 4.15. The summed E-state index contributed by atoms with van der Waals surface area (Å²) in [6, 6.07) is 9.66. The van der Waals surface area contributed by atoms with Crippen molar-refractivity contribution in [2.24, 2.45) is 0 Å². The summed E-state index contributed by atoms with van der Waals surface area (Å²) in [6.45, 7) is 3.33. The van der Waals surface area contributed by atoms with Gasteiger partial charge in [0.05, 0.1) is 22.3 Å². The molecule has 0 amide bonds. The average Bonchev–Trinajstić information content (AvgIpc) is 2.75. The van der Waals surface area contributed by atoms with Crippen LogP contribution in [0.4, 0.5) is 5.69 Å². The second kappa shape index (κ2) is 6.25. The maximum absolute atomic E-state index is 8.97. The number of rotatable bonds is 4. The highest BCUT2D eigenvalue weighted by molar-refractivity contribution is 6.33. The van der Waals surface area contributed by atoms with Crippen molar-refractivity contribution >= 4 is 17.3 Å². The van der Waals surface area contributed by atoms with E-state index < -0.39 is 0 Å². The van der Waals surface area contributed by atoms with Crippen LogP contribution in [-0.4, -0.2) is 24.7 Å². The molecule has 0 saturated carbocycles. The van der Waals surface area contributed by atoms with E-state index in [1.54, 1.807) is 6.07 Å². The molecular weight excluding hydrogens is 282 g/mol. The third kappa shape index (κ3) is 2.88. The number of nitrogens with one attached hydrogen (secondary N) is 1. The van der Waals surface area contributed by atoms with E-state index in [1.165, 1.54) is 32.1 Å². The van der Waals surface area contributed by atoms with Gasteiger partial charge in [-0.3, -0.25) is 0 Å². The smallest absolute Gasteiger partial charge is 0.0992 e. The van der Waals surface area contributed by atoms with Gasteiger partial charge in [-0.05, 0) is 56.8 Å². The van der Waals surface area contributed by atoms with Crippen molar-refractivity contribution in [2.45, 2.75) is 57.2 Å². The molecule has 0 aromatic heterocycles. The maximum Gasteiger partial charge on any atom is 0.0992 e. The Morgan fingerprint density at radius 1 is 1.33 bits per heavy atom. The van der Waals surface area contributed by atoms with Gasteiger partial charge < -0.3 is 10.2 Å². The first kappa shape index (κ1) is 14.7. The molecule has 2 saturated heterocycles. The normalized spacial score (nSPS) is 27.7. The van der Waals surface area contributed by atoms with E-state index >= 15 is 0 Å². The van der Waals surface area contributed by atoms with Crippen molar-refractivity contribution < 1.29 is 0 Å². The summed E-state index contributed by atoms with van der Waals surface area (Å²) in [5, 5.41) is 13.4. The van der Waals surface area contributed by atoms with Crippen LogP contribution in [0.25, 0.3) is 0 Å². The third-order valence-corrected chi connectivity index (χ3v) is 5.07. The molecule has 0 radical (unpaired) electrons. The Kier molecular flexibility index (Phi) is 4.37. The summed E-state index contributed by atoms with van der Waals surface area (Å²) in [6.07, 6.45) is 6.10. The zero-order chi connectivity index (χ0) is 14.8. The zero-order valence-electron chi connectivity index (χ0n) is 12.5. The fraction of sp³-hybridized carbons (Fsp3) is 0.588. The summed E-state index contributed by atoms with van der Waals surface area (Å²) in [5.74, 6) is 0. The van der Waals surface area contributed by atoms with Crippen LogP contribution in [0.3, 0.4) is 0 Å². The molecule has 3 rings (SSSR count). The van der Waals surface area contributed by atoms with Gasteiger partial charge in [-0.1, -0.05) is 18.5 Å². The highest BCUT2D eigenvalue weighted by Gasteiger charge is 2.41. The molecule has 2 heterocycles. The molecule has 1 aromatic carbocycles. The van der Waals surface area contributed by atoms with E-state index in [2.05, 4.69) is 23.2 Å². The van der Waals surface area contributed by atoms with Gasteiger partial charge in [0.25, 0.3) is 0 Å². The van der Waals surface area contributed by atoms with Gasteiger partial charge in [0.1, 0.15) is 0 Å². The van der Waals surface area contributed by atoms with Crippen LogP contribution in [0.1, 0.15) is 44.6 Å². The van der Waals surface area contributed by atoms with Crippen molar-refractivity contribution in [3.05, 3.63) is 28.8 Å². The van der Waals surface area contributed by atoms with Crippen LogP contribution < -0.4 is 10.2 Å². The molecule has 0 spiro atoms. The van der Waals surface area contributed by atoms with E-state index in [0.717, 1.165) is 12.2 Å². The number of piperidine rings is 1. The van der Waals surface area contributed by atoms with Gasteiger partial charge in [0, 0.05) is 18.1 Å². The highest BCUT2D eigenvalue weighted by Crippen LogP contribution is 2.42. The lowest BCUT2D eigenvalue weighted by atomic mass is 9.96. The summed E-state index contributed by atoms with van der Waals surface area (Å²) in [4.78, 5) is 2.51. The molecule has 2 fully saturated rings. The number of anilines is 1. The van der Waals surface area contributed by atoms with Crippen molar-refractivity contribution in [3.63, 3.8) is 0 Å². The second-order valence-electron chi connectivity index (χ2n) is 6.19. The van der Waals surface area contributed by atoms with Crippen molar-refractivity contribution in [1.82, 2.24) is 5.32 Å². The van der Waals surface area contributed by atoms with Gasteiger partial charge in [0.15, 0.2) is 0 Å². The van der Waals surface area contributed by atoms with Gasteiger partial charge in [-0.2, -0.15) is 5.26 Å². The Labute approximate surface area is 131 Å². The van der Waals surface area contributed by atoms with Crippen LogP contribution >= 0.6 is 11.6 Å². The van der Waals surface area contributed by atoms with Gasteiger partial charge in [-0.25, -0.2) is 0 Å². The van der Waals surface area contributed by atoms with E-state index in [1.807, 2.05) is 12.1 Å². The number of halogens is 1. The molecule has 1 N–H and O–H groups in total. The Morgan fingerprint density at radius 2 is 2.05 bits per heavy atom. The molecule has 2 aliphatic heterocycles. The Balaban J connectivity index is 1.78. The molecule has 2 atom stereocenters. The quantitative estimate of drug-likeness (QED) is 0.921. The van der Waals surface area contributed by atoms with Gasteiger partial charge >= 0.3 is 0 Å². The second-order valence-corrected chi connectivity index (χ2v) is 6.60. The van der Waals surface area contributed by atoms with Crippen molar-refractivity contribution in [2.75, 3.05) is 11.4 Å². The van der Waals surface area contributed by atoms with Crippen LogP contribution in [0, 0.1) is 11.3 Å². The first-order valence-electron chi connectivity index (χ1n) is 7.94. The van der Waals surface area contributed by atoms with Crippen LogP contribution in [-0.2, 0) is 0 Å². The molecule has 2 aliphatic rings. The lowest BCUT2D eigenvalue weighted by molar-refractivity contribution is 0.357. The Bertz CT molecular complexity index is 537. The number of nitrogens with zero attached hydrogens (tertiary/aromatic N) is 2. The first-order valence-corrected chi connectivity index (χ1v) is 8.32. The number of benzene rings is 1. The van der Waals surface area contributed by atoms with E-state index in [0.29, 0.717) is 28.7 Å². The van der Waals surface area contributed by atoms with Crippen LogP contribution in [0.15, 0.2) is 18.2 Å². The summed E-state index contributed by atoms with van der Waals surface area (Å²) in [7, 11) is 0. The highest BCUT2D eigenvalue weighted by atomic mass is 35.5. The standard InChI is InChI=1S/C17H22ClN3/c1-2-7-20-13-9-14-4-5-15(10-13)21(14)17-6-3-12(11-19)8-16(17)18/h3,6,8,13-15,20H,2,4-5,7,9-10H2,1H3. The number of hydrogen-bond donors (Lipinski definition) is 1. The summed E-state index contributed by atoms with van der Waals surface area (Å²) >= 11 is 6.41. The molecule has 0 aliphatic carbocycles. The molecular formula is C17H22ClN3. The molecule has 2 bridgehead atoms. The lowest BCUT2D eigenvalue weighted by Gasteiger charge is -2.41. The maximum atomic E-state index is 8.97. The molecule has 3 nitrogen and oxygen atoms in total. The fourth-order valence-electron chi connectivity index (χ4n) is 3.87. The topological polar surface area (TPSA) is 39.1 Å². The molecule has 21 heavy (non-hydrogen) atoms. The predicted molar refractivity (Wildman–Crippen MR) is 86.8 cm³/mol. The van der Waals surface area contributed by atoms with Crippen molar-refractivity contribution in [1.29, 1.82) is 5.26 Å². The van der Waals surface area contributed by atoms with Gasteiger partial charge in [-0.15, -0.1) is 0 Å². The monoisotopic (exact) mass is 303 g/mol. The number of fused-ring (bicyclic) bond motifs is 2. The molecule has 1 aromatic rings. The third-order valence-electron chi connectivity index (χ3n) is 4.77. The van der Waals surface area contributed by atoms with E-state index in [9.17, 15) is 0 Å². The minimum atomic E-state index is 0.587. The number of hydrogen-bond acceptors (Lipinski definition) is 3. The predicted octanol–water partition coefficient (Wildman–Crippen LogP) is 3.71. The van der Waals surface area contributed by atoms with Crippen LogP contribution in [0.5, 0.6) is 0 Å². The Hall–Kier alpha value is -1.24. The summed E-state index contributed by atoms with van der Waals surface area (Å²) in [5.41, 5.74) is 1.74. The van der Waals surface area contributed by atoms with Crippen molar-refractivity contribution in [3.8, 4) is 6.07 Å². The molecule has 2 unspecified atom stereocenters. The SMILES string of the molecule is CCCNC1CC2CCC(C1)N2c1ccc(C#N)cc1Cl. The minimum absolute atomic E-state index is 0.587. The van der Waals surface area contributed by atoms with Gasteiger partial charge in [0.2, 0.25) is 0 Å². The van der Waals surface area contributed by atoms with Crippen LogP contribution in [0.2, 0.25) is 5.02 Å². The largest absolute Gasteiger partial charge is 0.364 e. The molecule has 112 valence electrons. The van der Waals surface area contributed by atoms with E-state index in [4.69, 9.17) is 16.9 Å². The Morgan fingerprint density at radius 3 is 2.62 bits per heavy atom. The summed E-state index contributed by atoms with van der Waals surface area (Å²) < 4.78 is 0. The minimum Gasteiger partial charge on any atom is -0.364 e. The lowest BCUT2D eigenvalue weighted by Crippen LogP contribution is -2.49.